The largest absolute Gasteiger partial charge is 0.345 e. The number of hydrogen-bond acceptors (Lipinski definition) is 4. The van der Waals surface area contributed by atoms with Gasteiger partial charge in [0.05, 0.1) is 6.54 Å². The Balaban J connectivity index is 2.83. The van der Waals surface area contributed by atoms with Gasteiger partial charge in [0.25, 0.3) is 0 Å². The molecule has 1 aromatic heterocycles. The summed E-state index contributed by atoms with van der Waals surface area (Å²) in [5.41, 5.74) is 5.11. The third-order valence-corrected chi connectivity index (χ3v) is 1.74. The first-order valence-electron chi connectivity index (χ1n) is 3.45. The fourth-order valence-corrected chi connectivity index (χ4v) is 0.883. The van der Waals surface area contributed by atoms with Gasteiger partial charge in [0.2, 0.25) is 0 Å². The molecule has 0 atom stereocenters. The fourth-order valence-electron chi connectivity index (χ4n) is 0.761. The maximum atomic E-state index is 11.2. The number of rotatable bonds is 3. The summed E-state index contributed by atoms with van der Waals surface area (Å²) in [7, 11) is 1.64. The van der Waals surface area contributed by atoms with Crippen molar-refractivity contribution < 1.29 is 0 Å². The van der Waals surface area contributed by atoms with Crippen molar-refractivity contribution in [2.75, 3.05) is 6.54 Å². The van der Waals surface area contributed by atoms with Gasteiger partial charge in [-0.15, -0.1) is 0 Å². The highest BCUT2D eigenvalue weighted by Gasteiger charge is 2.02. The molecule has 1 heterocycles. The number of nitrogens with two attached hydrogens (primary N) is 1. The summed E-state index contributed by atoms with van der Waals surface area (Å²) >= 11 is 4.87. The molecule has 0 aliphatic carbocycles. The number of thiocarbonyl (C=S) groups is 1. The van der Waals surface area contributed by atoms with Crippen molar-refractivity contribution in [2.45, 2.75) is 6.54 Å². The van der Waals surface area contributed by atoms with Crippen molar-refractivity contribution in [1.29, 1.82) is 0 Å². The van der Waals surface area contributed by atoms with Crippen LogP contribution in [0.25, 0.3) is 0 Å². The van der Waals surface area contributed by atoms with Crippen molar-refractivity contribution >= 4 is 17.1 Å². The first kappa shape index (κ1) is 9.08. The Bertz CT molecular complexity index is 340. The summed E-state index contributed by atoms with van der Waals surface area (Å²) in [5, 5.41) is 3.83. The molecule has 5 nitrogen and oxygen atoms in total. The zero-order valence-corrected chi connectivity index (χ0v) is 7.54. The van der Waals surface area contributed by atoms with Crippen molar-refractivity contribution in [3.63, 3.8) is 0 Å². The van der Waals surface area contributed by atoms with Crippen LogP contribution >= 0.6 is 12.2 Å². The molecular formula is C6H10N4OS. The predicted octanol–water partition coefficient (Wildman–Crippen LogP) is -1.09. The van der Waals surface area contributed by atoms with Gasteiger partial charge in [0, 0.05) is 18.5 Å². The normalized spacial score (nSPS) is 10.2. The van der Waals surface area contributed by atoms with Crippen molar-refractivity contribution in [2.24, 2.45) is 12.8 Å². The van der Waals surface area contributed by atoms with E-state index in [4.69, 9.17) is 18.0 Å². The molecule has 0 aromatic carbocycles. The van der Waals surface area contributed by atoms with Gasteiger partial charge < -0.3 is 5.73 Å². The Morgan fingerprint density at radius 3 is 2.92 bits per heavy atom. The van der Waals surface area contributed by atoms with Gasteiger partial charge in [0.15, 0.2) is 0 Å². The molecule has 1 aromatic rings. The summed E-state index contributed by atoms with van der Waals surface area (Å²) in [6, 6.07) is 0. The average Bonchev–Trinajstić information content (AvgIpc) is 2.36. The van der Waals surface area contributed by atoms with E-state index in [1.165, 1.54) is 15.6 Å². The van der Waals surface area contributed by atoms with Gasteiger partial charge in [0.1, 0.15) is 6.33 Å². The van der Waals surface area contributed by atoms with E-state index in [0.29, 0.717) is 18.0 Å². The lowest BCUT2D eigenvalue weighted by Crippen LogP contribution is -2.28. The summed E-state index contributed by atoms with van der Waals surface area (Å²) in [6.45, 7) is 0.629. The SMILES string of the molecule is Cn1cnn(CC(=S)CN)c1=O. The van der Waals surface area contributed by atoms with Crippen LogP contribution in [0, 0.1) is 0 Å². The molecule has 66 valence electrons. The van der Waals surface area contributed by atoms with E-state index in [1.807, 2.05) is 0 Å². The number of hydrogen-bond donors (Lipinski definition) is 1. The Hall–Kier alpha value is -1.01. The van der Waals surface area contributed by atoms with Crippen LogP contribution in [0.2, 0.25) is 0 Å². The summed E-state index contributed by atoms with van der Waals surface area (Å²) in [6.07, 6.45) is 1.45. The molecule has 0 saturated heterocycles. The first-order chi connectivity index (χ1) is 5.65. The molecule has 0 radical (unpaired) electrons. The van der Waals surface area contributed by atoms with E-state index in [9.17, 15) is 4.79 Å². The van der Waals surface area contributed by atoms with Crippen LogP contribution in [0.15, 0.2) is 11.1 Å². The highest BCUT2D eigenvalue weighted by atomic mass is 32.1. The molecule has 0 amide bonds. The molecule has 6 heteroatoms. The van der Waals surface area contributed by atoms with Gasteiger partial charge >= 0.3 is 5.69 Å². The minimum atomic E-state index is -0.175. The van der Waals surface area contributed by atoms with Gasteiger partial charge in [-0.25, -0.2) is 9.48 Å². The lowest BCUT2D eigenvalue weighted by atomic mass is 10.4. The van der Waals surface area contributed by atoms with Crippen LogP contribution in [-0.4, -0.2) is 25.8 Å². The standard InChI is InChI=1S/C6H10N4OS/c1-9-4-8-10(6(9)11)3-5(12)2-7/h4H,2-3,7H2,1H3. The molecular weight excluding hydrogens is 176 g/mol. The van der Waals surface area contributed by atoms with Crippen molar-refractivity contribution in [3.05, 3.63) is 16.8 Å². The maximum absolute atomic E-state index is 11.2. The molecule has 0 fully saturated rings. The molecule has 0 spiro atoms. The smallest absolute Gasteiger partial charge is 0.326 e. The molecule has 0 bridgehead atoms. The molecule has 1 rings (SSSR count). The molecule has 0 unspecified atom stereocenters. The minimum Gasteiger partial charge on any atom is -0.326 e. The van der Waals surface area contributed by atoms with E-state index in [0.717, 1.165) is 0 Å². The molecule has 2 N–H and O–H groups in total. The Morgan fingerprint density at radius 2 is 2.50 bits per heavy atom. The van der Waals surface area contributed by atoms with Crippen LogP contribution in [0.1, 0.15) is 0 Å². The van der Waals surface area contributed by atoms with Gasteiger partial charge in [-0.2, -0.15) is 5.10 Å². The highest BCUT2D eigenvalue weighted by molar-refractivity contribution is 7.80. The Kier molecular flexibility index (Phi) is 2.72. The molecule has 0 aliphatic heterocycles. The minimum absolute atomic E-state index is 0.175. The summed E-state index contributed by atoms with van der Waals surface area (Å²) in [5.74, 6) is 0. The van der Waals surface area contributed by atoms with E-state index < -0.39 is 0 Å². The molecule has 0 saturated carbocycles. The average molecular weight is 186 g/mol. The van der Waals surface area contributed by atoms with Crippen LogP contribution in [0.3, 0.4) is 0 Å². The monoisotopic (exact) mass is 186 g/mol. The van der Waals surface area contributed by atoms with Gasteiger partial charge in [-0.3, -0.25) is 4.57 Å². The highest BCUT2D eigenvalue weighted by Crippen LogP contribution is 1.80. The zero-order valence-electron chi connectivity index (χ0n) is 6.73. The number of nitrogens with zero attached hydrogens (tertiary/aromatic N) is 3. The second-order valence-electron chi connectivity index (χ2n) is 2.42. The quantitative estimate of drug-likeness (QED) is 0.609. The van der Waals surface area contributed by atoms with Gasteiger partial charge in [-0.1, -0.05) is 12.2 Å². The third kappa shape index (κ3) is 1.77. The van der Waals surface area contributed by atoms with Crippen LogP contribution in [0.4, 0.5) is 0 Å². The number of aromatic nitrogens is 3. The predicted molar refractivity (Wildman–Crippen MR) is 49.1 cm³/mol. The topological polar surface area (TPSA) is 65.8 Å². The van der Waals surface area contributed by atoms with E-state index in [1.54, 1.807) is 7.05 Å². The lowest BCUT2D eigenvalue weighted by molar-refractivity contribution is 0.678. The van der Waals surface area contributed by atoms with Crippen LogP contribution < -0.4 is 11.4 Å². The van der Waals surface area contributed by atoms with Crippen molar-refractivity contribution in [3.8, 4) is 0 Å². The molecule has 0 aliphatic rings. The number of aryl methyl sites for hydroxylation is 1. The third-order valence-electron chi connectivity index (χ3n) is 1.44. The Labute approximate surface area is 74.8 Å². The second kappa shape index (κ2) is 3.59. The van der Waals surface area contributed by atoms with Crippen LogP contribution in [-0.2, 0) is 13.6 Å². The second-order valence-corrected chi connectivity index (χ2v) is 3.00. The maximum Gasteiger partial charge on any atom is 0.345 e. The first-order valence-corrected chi connectivity index (χ1v) is 3.86. The van der Waals surface area contributed by atoms with E-state index in [2.05, 4.69) is 5.10 Å². The summed E-state index contributed by atoms with van der Waals surface area (Å²) < 4.78 is 2.67. The van der Waals surface area contributed by atoms with Crippen LogP contribution in [0.5, 0.6) is 0 Å². The summed E-state index contributed by atoms with van der Waals surface area (Å²) in [4.78, 5) is 11.8. The zero-order chi connectivity index (χ0) is 9.14. The Morgan fingerprint density at radius 1 is 1.83 bits per heavy atom. The lowest BCUT2D eigenvalue weighted by Gasteiger charge is -1.97. The van der Waals surface area contributed by atoms with E-state index in [-0.39, 0.29) is 5.69 Å². The fraction of sp³-hybridized carbons (Fsp3) is 0.500. The molecule has 12 heavy (non-hydrogen) atoms. The van der Waals surface area contributed by atoms with Gasteiger partial charge in [-0.05, 0) is 0 Å². The van der Waals surface area contributed by atoms with Crippen molar-refractivity contribution in [1.82, 2.24) is 14.3 Å². The van der Waals surface area contributed by atoms with E-state index >= 15 is 0 Å².